The predicted octanol–water partition coefficient (Wildman–Crippen LogP) is 2.74. The molecule has 1 atom stereocenters. The molecule has 2 rings (SSSR count). The van der Waals surface area contributed by atoms with Crippen LogP contribution in [-0.4, -0.2) is 41.3 Å². The lowest BCUT2D eigenvalue weighted by Gasteiger charge is -2.25. The first kappa shape index (κ1) is 21.6. The molecule has 28 heavy (non-hydrogen) atoms. The molecule has 2 aromatic rings. The molecule has 0 heterocycles. The van der Waals surface area contributed by atoms with Gasteiger partial charge in [0.1, 0.15) is 18.0 Å². The number of anilines is 1. The average molecular weight is 407 g/mol. The Morgan fingerprint density at radius 3 is 2.32 bits per heavy atom. The van der Waals surface area contributed by atoms with Crippen LogP contribution in [0.2, 0.25) is 0 Å². The molecule has 1 amide bonds. The van der Waals surface area contributed by atoms with Gasteiger partial charge in [-0.15, -0.1) is 0 Å². The van der Waals surface area contributed by atoms with E-state index in [2.05, 4.69) is 5.32 Å². The summed E-state index contributed by atoms with van der Waals surface area (Å²) < 4.78 is 36.2. The van der Waals surface area contributed by atoms with Crippen LogP contribution in [0.15, 0.2) is 48.5 Å². The summed E-state index contributed by atoms with van der Waals surface area (Å²) in [6, 6.07) is 14.1. The molecule has 2 aromatic carbocycles. The van der Waals surface area contributed by atoms with Crippen LogP contribution in [0.1, 0.15) is 24.9 Å². The molecule has 0 fully saturated rings. The van der Waals surface area contributed by atoms with Gasteiger partial charge < -0.3 is 14.8 Å². The largest absolute Gasteiger partial charge is 0.497 e. The van der Waals surface area contributed by atoms with Crippen molar-refractivity contribution >= 4 is 21.6 Å². The monoisotopic (exact) mass is 406 g/mol. The van der Waals surface area contributed by atoms with Crippen molar-refractivity contribution in [1.29, 1.82) is 0 Å². The van der Waals surface area contributed by atoms with Crippen molar-refractivity contribution in [2.75, 3.05) is 31.3 Å². The summed E-state index contributed by atoms with van der Waals surface area (Å²) in [5, 5.41) is 2.90. The molecule has 0 aromatic heterocycles. The summed E-state index contributed by atoms with van der Waals surface area (Å²) in [5.41, 5.74) is 1.24. The quantitative estimate of drug-likeness (QED) is 0.692. The van der Waals surface area contributed by atoms with Crippen LogP contribution >= 0.6 is 0 Å². The maximum Gasteiger partial charge on any atom is 0.241 e. The zero-order chi connectivity index (χ0) is 20.7. The van der Waals surface area contributed by atoms with E-state index in [4.69, 9.17) is 9.47 Å². The molecule has 0 radical (unpaired) electrons. The van der Waals surface area contributed by atoms with Crippen molar-refractivity contribution < 1.29 is 22.7 Å². The van der Waals surface area contributed by atoms with Crippen LogP contribution < -0.4 is 19.1 Å². The number of carbonyl (C=O) groups excluding carboxylic acids is 1. The molecule has 0 unspecified atom stereocenters. The van der Waals surface area contributed by atoms with Gasteiger partial charge in [-0.2, -0.15) is 0 Å². The Bertz CT molecular complexity index is 900. The van der Waals surface area contributed by atoms with Crippen molar-refractivity contribution in [1.82, 2.24) is 5.32 Å². The van der Waals surface area contributed by atoms with E-state index < -0.39 is 15.9 Å². The zero-order valence-electron chi connectivity index (χ0n) is 16.5. The van der Waals surface area contributed by atoms with Gasteiger partial charge in [-0.25, -0.2) is 8.42 Å². The van der Waals surface area contributed by atoms with Crippen molar-refractivity contribution in [2.24, 2.45) is 0 Å². The Morgan fingerprint density at radius 1 is 1.11 bits per heavy atom. The molecule has 0 spiro atoms. The number of carbonyl (C=O) groups is 1. The van der Waals surface area contributed by atoms with Crippen LogP contribution in [0, 0.1) is 0 Å². The highest BCUT2D eigenvalue weighted by Gasteiger charge is 2.25. The molecule has 0 aliphatic carbocycles. The number of methoxy groups -OCH3 is 2. The number of amides is 1. The molecule has 0 saturated heterocycles. The van der Waals surface area contributed by atoms with Gasteiger partial charge in [-0.05, 0) is 24.1 Å². The first-order chi connectivity index (χ1) is 13.3. The van der Waals surface area contributed by atoms with Gasteiger partial charge in [-0.1, -0.05) is 37.3 Å². The van der Waals surface area contributed by atoms with E-state index in [-0.39, 0.29) is 18.3 Å². The number of hydrogen-bond acceptors (Lipinski definition) is 5. The van der Waals surface area contributed by atoms with Crippen molar-refractivity contribution in [3.05, 3.63) is 54.1 Å². The minimum absolute atomic E-state index is 0.201. The maximum absolute atomic E-state index is 12.7. The Balaban J connectivity index is 2.27. The highest BCUT2D eigenvalue weighted by atomic mass is 32.2. The van der Waals surface area contributed by atoms with Crippen molar-refractivity contribution in [2.45, 2.75) is 19.4 Å². The average Bonchev–Trinajstić information content (AvgIpc) is 2.69. The third-order valence-electron chi connectivity index (χ3n) is 4.29. The smallest absolute Gasteiger partial charge is 0.241 e. The van der Waals surface area contributed by atoms with Gasteiger partial charge in [0.15, 0.2) is 0 Å². The third kappa shape index (κ3) is 5.39. The summed E-state index contributed by atoms with van der Waals surface area (Å²) in [4.78, 5) is 12.7. The van der Waals surface area contributed by atoms with E-state index in [9.17, 15) is 13.2 Å². The first-order valence-corrected chi connectivity index (χ1v) is 10.7. The summed E-state index contributed by atoms with van der Waals surface area (Å²) in [7, 11) is -0.784. The van der Waals surface area contributed by atoms with Gasteiger partial charge in [0, 0.05) is 6.07 Å². The lowest BCUT2D eigenvalue weighted by Crippen LogP contribution is -2.41. The SMILES string of the molecule is CC[C@@H](NC(=O)CN(c1ccc(OC)cc1OC)S(C)(=O)=O)c1ccccc1. The van der Waals surface area contributed by atoms with E-state index >= 15 is 0 Å². The number of rotatable bonds is 9. The number of nitrogens with zero attached hydrogens (tertiary/aromatic N) is 1. The first-order valence-electron chi connectivity index (χ1n) is 8.84. The van der Waals surface area contributed by atoms with Crippen LogP contribution in [0.5, 0.6) is 11.5 Å². The van der Waals surface area contributed by atoms with Crippen LogP contribution in [0.25, 0.3) is 0 Å². The topological polar surface area (TPSA) is 84.9 Å². The third-order valence-corrected chi connectivity index (χ3v) is 5.41. The van der Waals surface area contributed by atoms with Gasteiger partial charge in [0.25, 0.3) is 0 Å². The van der Waals surface area contributed by atoms with Gasteiger partial charge >= 0.3 is 0 Å². The molecule has 0 bridgehead atoms. The molecular formula is C20H26N2O5S. The lowest BCUT2D eigenvalue weighted by molar-refractivity contribution is -0.120. The van der Waals surface area contributed by atoms with Gasteiger partial charge in [0.2, 0.25) is 15.9 Å². The van der Waals surface area contributed by atoms with E-state index in [1.54, 1.807) is 18.2 Å². The molecule has 0 aliphatic rings. The number of ether oxygens (including phenoxy) is 2. The highest BCUT2D eigenvalue weighted by Crippen LogP contribution is 2.33. The van der Waals surface area contributed by atoms with Crippen molar-refractivity contribution in [3.63, 3.8) is 0 Å². The lowest BCUT2D eigenvalue weighted by atomic mass is 10.0. The Kier molecular flexibility index (Phi) is 7.28. The van der Waals surface area contributed by atoms with E-state index in [0.29, 0.717) is 17.9 Å². The number of nitrogens with one attached hydrogen (secondary N) is 1. The molecule has 8 heteroatoms. The fraction of sp³-hybridized carbons (Fsp3) is 0.350. The maximum atomic E-state index is 12.7. The molecule has 152 valence electrons. The summed E-state index contributed by atoms with van der Waals surface area (Å²) in [6.07, 6.45) is 1.74. The Morgan fingerprint density at radius 2 is 1.79 bits per heavy atom. The van der Waals surface area contributed by atoms with Crippen molar-refractivity contribution in [3.8, 4) is 11.5 Å². The number of sulfonamides is 1. The minimum Gasteiger partial charge on any atom is -0.497 e. The molecule has 0 saturated carbocycles. The normalized spacial score (nSPS) is 12.1. The molecule has 1 N–H and O–H groups in total. The van der Waals surface area contributed by atoms with Gasteiger partial charge in [-0.3, -0.25) is 9.10 Å². The van der Waals surface area contributed by atoms with Crippen LogP contribution in [-0.2, 0) is 14.8 Å². The van der Waals surface area contributed by atoms with E-state index in [1.807, 2.05) is 37.3 Å². The molecular weight excluding hydrogens is 380 g/mol. The second kappa shape index (κ2) is 9.45. The number of benzene rings is 2. The highest BCUT2D eigenvalue weighted by molar-refractivity contribution is 7.92. The standard InChI is InChI=1S/C20H26N2O5S/c1-5-17(15-9-7-6-8-10-15)21-20(23)14-22(28(4,24)25)18-12-11-16(26-2)13-19(18)27-3/h6-13,17H,5,14H2,1-4H3,(H,21,23)/t17-/m1/s1. The van der Waals surface area contributed by atoms with Crippen LogP contribution in [0.4, 0.5) is 5.69 Å². The summed E-state index contributed by atoms with van der Waals surface area (Å²) >= 11 is 0. The van der Waals surface area contributed by atoms with Gasteiger partial charge in [0.05, 0.1) is 32.2 Å². The predicted molar refractivity (Wildman–Crippen MR) is 109 cm³/mol. The fourth-order valence-corrected chi connectivity index (χ4v) is 3.71. The Labute approximate surface area is 166 Å². The van der Waals surface area contributed by atoms with E-state index in [1.165, 1.54) is 14.2 Å². The van der Waals surface area contributed by atoms with Crippen LogP contribution in [0.3, 0.4) is 0 Å². The fourth-order valence-electron chi connectivity index (χ4n) is 2.85. The Hall–Kier alpha value is -2.74. The number of hydrogen-bond donors (Lipinski definition) is 1. The minimum atomic E-state index is -3.72. The summed E-state index contributed by atoms with van der Waals surface area (Å²) in [5.74, 6) is 0.417. The second-order valence-electron chi connectivity index (χ2n) is 6.25. The zero-order valence-corrected chi connectivity index (χ0v) is 17.3. The molecule has 0 aliphatic heterocycles. The van der Waals surface area contributed by atoms with E-state index in [0.717, 1.165) is 16.1 Å². The second-order valence-corrected chi connectivity index (χ2v) is 8.15. The summed E-state index contributed by atoms with van der Waals surface area (Å²) in [6.45, 7) is 1.60. The molecule has 7 nitrogen and oxygen atoms in total.